The average Bonchev–Trinajstić information content (AvgIpc) is 2.08. The minimum absolute atomic E-state index is 0.496. The topological polar surface area (TPSA) is 63.1 Å². The molecule has 70 valence electrons. The van der Waals surface area contributed by atoms with Gasteiger partial charge in [-0.15, -0.1) is 0 Å². The molecule has 13 heavy (non-hydrogen) atoms. The molecule has 0 fully saturated rings. The van der Waals surface area contributed by atoms with Gasteiger partial charge < -0.3 is 5.11 Å². The summed E-state index contributed by atoms with van der Waals surface area (Å²) >= 11 is 3.23. The van der Waals surface area contributed by atoms with E-state index in [9.17, 15) is 4.79 Å². The summed E-state index contributed by atoms with van der Waals surface area (Å²) in [5, 5.41) is 8.60. The number of hydrogen-bond acceptors (Lipinski definition) is 4. The van der Waals surface area contributed by atoms with E-state index in [0.29, 0.717) is 5.16 Å². The molecule has 0 amide bonds. The van der Waals surface area contributed by atoms with Crippen molar-refractivity contribution in [1.29, 1.82) is 0 Å². The molecule has 4 nitrogen and oxygen atoms in total. The molecule has 1 unspecified atom stereocenters. The second-order valence-electron chi connectivity index (χ2n) is 2.28. The summed E-state index contributed by atoms with van der Waals surface area (Å²) in [6, 6.07) is 0. The molecule has 1 rings (SSSR count). The number of hydrogen-bond donors (Lipinski definition) is 1. The Bertz CT molecular complexity index is 304. The van der Waals surface area contributed by atoms with Gasteiger partial charge in [-0.3, -0.25) is 4.79 Å². The Morgan fingerprint density at radius 1 is 1.62 bits per heavy atom. The summed E-state index contributed by atoms with van der Waals surface area (Å²) in [6.07, 6.45) is 3.31. The van der Waals surface area contributed by atoms with Crippen LogP contribution in [0.1, 0.15) is 6.92 Å². The molecule has 1 aromatic rings. The first-order valence-electron chi connectivity index (χ1n) is 3.46. The van der Waals surface area contributed by atoms with Crippen LogP contribution in [0.5, 0.6) is 0 Å². The lowest BCUT2D eigenvalue weighted by Gasteiger charge is -2.03. The first-order chi connectivity index (χ1) is 6.09. The summed E-state index contributed by atoms with van der Waals surface area (Å²) in [4.78, 5) is 18.5. The van der Waals surface area contributed by atoms with Crippen LogP contribution in [0.4, 0.5) is 0 Å². The highest BCUT2D eigenvalue weighted by molar-refractivity contribution is 14.1. The molecule has 0 bridgehead atoms. The highest BCUT2D eigenvalue weighted by Gasteiger charge is 2.13. The third kappa shape index (κ3) is 3.47. The second-order valence-corrected chi connectivity index (χ2v) is 4.84. The van der Waals surface area contributed by atoms with Crippen LogP contribution in [0.3, 0.4) is 0 Å². The summed E-state index contributed by atoms with van der Waals surface area (Å²) in [6.45, 7) is 1.61. The fourth-order valence-electron chi connectivity index (χ4n) is 0.570. The molecule has 6 heteroatoms. The standard InChI is InChI=1S/C7H7IN2O2S/c1-4(6(11)12)13-7-9-2-5(8)3-10-7/h2-4H,1H3,(H,11,12). The number of aliphatic carboxylic acids is 1. The van der Waals surface area contributed by atoms with Gasteiger partial charge in [-0.25, -0.2) is 9.97 Å². The molecular formula is C7H7IN2O2S. The van der Waals surface area contributed by atoms with Gasteiger partial charge >= 0.3 is 5.97 Å². The molecule has 1 heterocycles. The van der Waals surface area contributed by atoms with E-state index in [0.717, 1.165) is 15.3 Å². The molecule has 0 aliphatic heterocycles. The SMILES string of the molecule is CC(Sc1ncc(I)cn1)C(=O)O. The highest BCUT2D eigenvalue weighted by Crippen LogP contribution is 2.18. The Hall–Kier alpha value is -0.370. The molecule has 0 aliphatic rings. The molecule has 0 saturated carbocycles. The molecule has 0 aromatic carbocycles. The Labute approximate surface area is 93.3 Å². The van der Waals surface area contributed by atoms with E-state index in [4.69, 9.17) is 5.11 Å². The molecule has 1 aromatic heterocycles. The van der Waals surface area contributed by atoms with Crippen LogP contribution in [0.2, 0.25) is 0 Å². The summed E-state index contributed by atoms with van der Waals surface area (Å²) in [7, 11) is 0. The van der Waals surface area contributed by atoms with Crippen LogP contribution in [0.15, 0.2) is 17.6 Å². The van der Waals surface area contributed by atoms with Crippen LogP contribution in [0, 0.1) is 3.57 Å². The maximum atomic E-state index is 10.5. The van der Waals surface area contributed by atoms with Gasteiger partial charge in [0.25, 0.3) is 0 Å². The van der Waals surface area contributed by atoms with Gasteiger partial charge in [0.05, 0.1) is 0 Å². The summed E-state index contributed by atoms with van der Waals surface area (Å²) < 4.78 is 0.935. The van der Waals surface area contributed by atoms with E-state index >= 15 is 0 Å². The lowest BCUT2D eigenvalue weighted by molar-refractivity contribution is -0.136. The van der Waals surface area contributed by atoms with Crippen molar-refractivity contribution in [2.45, 2.75) is 17.3 Å². The predicted octanol–water partition coefficient (Wildman–Crippen LogP) is 1.65. The molecule has 0 saturated heterocycles. The average molecular weight is 310 g/mol. The number of halogens is 1. The minimum Gasteiger partial charge on any atom is -0.480 e. The second kappa shape index (κ2) is 4.75. The molecular weight excluding hydrogens is 303 g/mol. The summed E-state index contributed by atoms with van der Waals surface area (Å²) in [5.74, 6) is -0.854. The number of carboxylic acid groups (broad SMARTS) is 1. The van der Waals surface area contributed by atoms with Crippen molar-refractivity contribution in [3.05, 3.63) is 16.0 Å². The maximum Gasteiger partial charge on any atom is 0.316 e. The van der Waals surface area contributed by atoms with Crippen LogP contribution in [0.25, 0.3) is 0 Å². The van der Waals surface area contributed by atoms with Crippen LogP contribution in [-0.4, -0.2) is 26.3 Å². The van der Waals surface area contributed by atoms with Gasteiger partial charge in [0.1, 0.15) is 5.25 Å². The van der Waals surface area contributed by atoms with Crippen LogP contribution in [-0.2, 0) is 4.79 Å². The van der Waals surface area contributed by atoms with Gasteiger partial charge in [0.2, 0.25) is 0 Å². The highest BCUT2D eigenvalue weighted by atomic mass is 127. The van der Waals surface area contributed by atoms with Crippen molar-refractivity contribution >= 4 is 40.3 Å². The normalized spacial score (nSPS) is 12.5. The molecule has 1 N–H and O–H groups in total. The Morgan fingerprint density at radius 2 is 2.15 bits per heavy atom. The van der Waals surface area contributed by atoms with Crippen LogP contribution < -0.4 is 0 Å². The minimum atomic E-state index is -0.854. The van der Waals surface area contributed by atoms with Crippen molar-refractivity contribution in [2.24, 2.45) is 0 Å². The molecule has 1 atom stereocenters. The Balaban J connectivity index is 2.64. The van der Waals surface area contributed by atoms with Crippen molar-refractivity contribution < 1.29 is 9.90 Å². The number of thioether (sulfide) groups is 1. The van der Waals surface area contributed by atoms with Crippen molar-refractivity contribution in [3.63, 3.8) is 0 Å². The van der Waals surface area contributed by atoms with E-state index in [1.54, 1.807) is 19.3 Å². The van der Waals surface area contributed by atoms with Gasteiger partial charge in [-0.2, -0.15) is 0 Å². The molecule has 0 radical (unpaired) electrons. The summed E-state index contributed by atoms with van der Waals surface area (Å²) in [5.41, 5.74) is 0. The van der Waals surface area contributed by atoms with Gasteiger partial charge in [-0.05, 0) is 29.5 Å². The number of nitrogens with zero attached hydrogens (tertiary/aromatic N) is 2. The third-order valence-corrected chi connectivity index (χ3v) is 2.76. The van der Waals surface area contributed by atoms with E-state index in [1.807, 2.05) is 0 Å². The molecule has 0 spiro atoms. The van der Waals surface area contributed by atoms with E-state index in [2.05, 4.69) is 32.6 Å². The monoisotopic (exact) mass is 310 g/mol. The van der Waals surface area contributed by atoms with Crippen molar-refractivity contribution in [1.82, 2.24) is 9.97 Å². The van der Waals surface area contributed by atoms with Crippen molar-refractivity contribution in [2.75, 3.05) is 0 Å². The van der Waals surface area contributed by atoms with E-state index < -0.39 is 11.2 Å². The predicted molar refractivity (Wildman–Crippen MR) is 57.7 cm³/mol. The lowest BCUT2D eigenvalue weighted by atomic mass is 10.5. The fraction of sp³-hybridized carbons (Fsp3) is 0.286. The zero-order chi connectivity index (χ0) is 9.84. The Morgan fingerprint density at radius 3 is 2.62 bits per heavy atom. The number of aromatic nitrogens is 2. The third-order valence-electron chi connectivity index (χ3n) is 1.23. The van der Waals surface area contributed by atoms with Gasteiger partial charge in [0, 0.05) is 16.0 Å². The van der Waals surface area contributed by atoms with Gasteiger partial charge in [0.15, 0.2) is 5.16 Å². The molecule has 0 aliphatic carbocycles. The lowest BCUT2D eigenvalue weighted by Crippen LogP contribution is -2.11. The van der Waals surface area contributed by atoms with Crippen molar-refractivity contribution in [3.8, 4) is 0 Å². The van der Waals surface area contributed by atoms with Crippen LogP contribution >= 0.6 is 34.4 Å². The number of carboxylic acids is 1. The number of carbonyl (C=O) groups is 1. The zero-order valence-electron chi connectivity index (χ0n) is 6.77. The first kappa shape index (κ1) is 10.7. The van der Waals surface area contributed by atoms with E-state index in [1.165, 1.54) is 0 Å². The van der Waals surface area contributed by atoms with Gasteiger partial charge in [-0.1, -0.05) is 11.8 Å². The largest absolute Gasteiger partial charge is 0.480 e. The smallest absolute Gasteiger partial charge is 0.316 e. The zero-order valence-corrected chi connectivity index (χ0v) is 9.74. The quantitative estimate of drug-likeness (QED) is 0.522. The first-order valence-corrected chi connectivity index (χ1v) is 5.42. The fourth-order valence-corrected chi connectivity index (χ4v) is 1.49. The number of rotatable bonds is 3. The Kier molecular flexibility index (Phi) is 3.91. The van der Waals surface area contributed by atoms with E-state index in [-0.39, 0.29) is 0 Å². The maximum absolute atomic E-state index is 10.5.